The molecule has 1 heterocycles. The van der Waals surface area contributed by atoms with Gasteiger partial charge >= 0.3 is 5.97 Å². The third kappa shape index (κ3) is 4.04. The van der Waals surface area contributed by atoms with Crippen LogP contribution in [0.25, 0.3) is 0 Å². The van der Waals surface area contributed by atoms with Crippen molar-refractivity contribution in [3.05, 3.63) is 35.4 Å². The molecule has 19 heavy (non-hydrogen) atoms. The number of carboxylic acid groups (broad SMARTS) is 1. The zero-order chi connectivity index (χ0) is 13.7. The topological polar surface area (TPSA) is 58.6 Å². The van der Waals surface area contributed by atoms with Crippen molar-refractivity contribution in [3.8, 4) is 0 Å². The van der Waals surface area contributed by atoms with E-state index in [-0.39, 0.29) is 12.0 Å². The lowest BCUT2D eigenvalue weighted by Gasteiger charge is -2.23. The molecule has 2 N–H and O–H groups in total. The number of hydrogen-bond donors (Lipinski definition) is 2. The average Bonchev–Trinajstić information content (AvgIpc) is 2.78. The van der Waals surface area contributed by atoms with E-state index in [0.717, 1.165) is 37.1 Å². The summed E-state index contributed by atoms with van der Waals surface area (Å²) in [6.07, 6.45) is 2.27. The smallest absolute Gasteiger partial charge is 0.307 e. The SMILES string of the molecule is CC1(CNCc2ccccc2CC(=O)O)CCCO1. The number of carboxylic acids is 1. The van der Waals surface area contributed by atoms with Gasteiger partial charge in [-0.2, -0.15) is 0 Å². The van der Waals surface area contributed by atoms with Gasteiger partial charge in [-0.1, -0.05) is 24.3 Å². The highest BCUT2D eigenvalue weighted by molar-refractivity contribution is 5.70. The largest absolute Gasteiger partial charge is 0.481 e. The summed E-state index contributed by atoms with van der Waals surface area (Å²) < 4.78 is 5.72. The van der Waals surface area contributed by atoms with Crippen LogP contribution in [-0.4, -0.2) is 29.8 Å². The minimum absolute atomic E-state index is 0.0677. The predicted octanol–water partition coefficient (Wildman–Crippen LogP) is 1.97. The molecule has 1 unspecified atom stereocenters. The number of nitrogens with one attached hydrogen (secondary N) is 1. The van der Waals surface area contributed by atoms with Crippen LogP contribution in [-0.2, 0) is 22.5 Å². The first-order valence-electron chi connectivity index (χ1n) is 6.72. The Hall–Kier alpha value is -1.39. The van der Waals surface area contributed by atoms with Crippen molar-refractivity contribution in [3.63, 3.8) is 0 Å². The van der Waals surface area contributed by atoms with Gasteiger partial charge in [-0.3, -0.25) is 4.79 Å². The number of benzene rings is 1. The third-order valence-corrected chi connectivity index (χ3v) is 3.57. The number of rotatable bonds is 6. The molecule has 1 fully saturated rings. The Morgan fingerprint density at radius 1 is 1.42 bits per heavy atom. The quantitative estimate of drug-likeness (QED) is 0.824. The molecule has 0 bridgehead atoms. The van der Waals surface area contributed by atoms with Crippen molar-refractivity contribution in [2.24, 2.45) is 0 Å². The van der Waals surface area contributed by atoms with E-state index in [1.54, 1.807) is 0 Å². The van der Waals surface area contributed by atoms with Gasteiger partial charge in [-0.15, -0.1) is 0 Å². The average molecular weight is 263 g/mol. The molecular weight excluding hydrogens is 242 g/mol. The Labute approximate surface area is 113 Å². The normalized spacial score (nSPS) is 22.6. The van der Waals surface area contributed by atoms with E-state index < -0.39 is 5.97 Å². The van der Waals surface area contributed by atoms with Crippen LogP contribution in [0.1, 0.15) is 30.9 Å². The Morgan fingerprint density at radius 2 is 2.16 bits per heavy atom. The van der Waals surface area contributed by atoms with Gasteiger partial charge in [-0.25, -0.2) is 0 Å². The van der Waals surface area contributed by atoms with Crippen molar-refractivity contribution in [2.45, 2.75) is 38.3 Å². The van der Waals surface area contributed by atoms with Gasteiger partial charge in [0.15, 0.2) is 0 Å². The molecule has 0 spiro atoms. The highest BCUT2D eigenvalue weighted by atomic mass is 16.5. The van der Waals surface area contributed by atoms with Crippen LogP contribution in [0.2, 0.25) is 0 Å². The second kappa shape index (κ2) is 6.17. The van der Waals surface area contributed by atoms with Crippen molar-refractivity contribution in [1.29, 1.82) is 0 Å². The first-order valence-corrected chi connectivity index (χ1v) is 6.72. The predicted molar refractivity (Wildman–Crippen MR) is 73.1 cm³/mol. The zero-order valence-electron chi connectivity index (χ0n) is 11.3. The first-order chi connectivity index (χ1) is 9.09. The summed E-state index contributed by atoms with van der Waals surface area (Å²) in [5.74, 6) is -0.793. The second-order valence-corrected chi connectivity index (χ2v) is 5.34. The molecule has 4 heteroatoms. The van der Waals surface area contributed by atoms with E-state index in [1.165, 1.54) is 0 Å². The minimum atomic E-state index is -0.793. The van der Waals surface area contributed by atoms with Crippen molar-refractivity contribution >= 4 is 5.97 Å². The maximum absolute atomic E-state index is 10.8. The fourth-order valence-electron chi connectivity index (χ4n) is 2.50. The van der Waals surface area contributed by atoms with E-state index >= 15 is 0 Å². The molecule has 2 rings (SSSR count). The summed E-state index contributed by atoms with van der Waals surface area (Å²) >= 11 is 0. The molecule has 0 radical (unpaired) electrons. The zero-order valence-corrected chi connectivity index (χ0v) is 11.3. The summed E-state index contributed by atoms with van der Waals surface area (Å²) in [7, 11) is 0. The molecule has 1 saturated heterocycles. The molecule has 104 valence electrons. The van der Waals surface area contributed by atoms with Crippen LogP contribution in [0.5, 0.6) is 0 Å². The molecule has 0 saturated carbocycles. The fourth-order valence-corrected chi connectivity index (χ4v) is 2.50. The van der Waals surface area contributed by atoms with E-state index in [0.29, 0.717) is 6.54 Å². The van der Waals surface area contributed by atoms with Crippen molar-refractivity contribution in [1.82, 2.24) is 5.32 Å². The second-order valence-electron chi connectivity index (χ2n) is 5.34. The van der Waals surface area contributed by atoms with E-state index in [9.17, 15) is 4.79 Å². The van der Waals surface area contributed by atoms with Crippen LogP contribution in [0, 0.1) is 0 Å². The molecule has 0 aromatic heterocycles. The van der Waals surface area contributed by atoms with E-state index in [2.05, 4.69) is 12.2 Å². The lowest BCUT2D eigenvalue weighted by Crippen LogP contribution is -2.37. The number of carbonyl (C=O) groups is 1. The Balaban J connectivity index is 1.90. The van der Waals surface area contributed by atoms with Crippen LogP contribution >= 0.6 is 0 Å². The van der Waals surface area contributed by atoms with Gasteiger partial charge < -0.3 is 15.2 Å². The number of aliphatic carboxylic acids is 1. The lowest BCUT2D eigenvalue weighted by molar-refractivity contribution is -0.136. The Morgan fingerprint density at radius 3 is 2.79 bits per heavy atom. The molecule has 1 aliphatic rings. The lowest BCUT2D eigenvalue weighted by atomic mass is 10.0. The van der Waals surface area contributed by atoms with E-state index in [1.807, 2.05) is 24.3 Å². The van der Waals surface area contributed by atoms with Gasteiger partial charge in [0.25, 0.3) is 0 Å². The highest BCUT2D eigenvalue weighted by Gasteiger charge is 2.28. The number of ether oxygens (including phenoxy) is 1. The van der Waals surface area contributed by atoms with Crippen LogP contribution in [0.4, 0.5) is 0 Å². The summed E-state index contributed by atoms with van der Waals surface area (Å²) in [4.78, 5) is 10.8. The third-order valence-electron chi connectivity index (χ3n) is 3.57. The molecule has 4 nitrogen and oxygen atoms in total. The molecule has 1 atom stereocenters. The van der Waals surface area contributed by atoms with Crippen LogP contribution < -0.4 is 5.32 Å². The monoisotopic (exact) mass is 263 g/mol. The molecule has 1 aromatic carbocycles. The maximum atomic E-state index is 10.8. The summed E-state index contributed by atoms with van der Waals surface area (Å²) in [6.45, 7) is 4.45. The van der Waals surface area contributed by atoms with Crippen molar-refractivity contribution in [2.75, 3.05) is 13.2 Å². The Kier molecular flexibility index (Phi) is 4.56. The summed E-state index contributed by atoms with van der Waals surface area (Å²) in [6, 6.07) is 7.67. The van der Waals surface area contributed by atoms with Gasteiger partial charge in [0.2, 0.25) is 0 Å². The van der Waals surface area contributed by atoms with Gasteiger partial charge in [-0.05, 0) is 30.9 Å². The van der Waals surface area contributed by atoms with Gasteiger partial charge in [0.1, 0.15) is 0 Å². The standard InChI is InChI=1S/C15H21NO3/c1-15(7-4-8-19-15)11-16-10-13-6-3-2-5-12(13)9-14(17)18/h2-3,5-6,16H,4,7-11H2,1H3,(H,17,18). The highest BCUT2D eigenvalue weighted by Crippen LogP contribution is 2.24. The first kappa shape index (κ1) is 14.0. The maximum Gasteiger partial charge on any atom is 0.307 e. The molecule has 1 aliphatic heterocycles. The molecule has 0 aliphatic carbocycles. The van der Waals surface area contributed by atoms with E-state index in [4.69, 9.17) is 9.84 Å². The van der Waals surface area contributed by atoms with Gasteiger partial charge in [0, 0.05) is 19.7 Å². The molecule has 0 amide bonds. The minimum Gasteiger partial charge on any atom is -0.481 e. The van der Waals surface area contributed by atoms with Gasteiger partial charge in [0.05, 0.1) is 12.0 Å². The summed E-state index contributed by atoms with van der Waals surface area (Å²) in [5.41, 5.74) is 1.85. The number of hydrogen-bond acceptors (Lipinski definition) is 3. The van der Waals surface area contributed by atoms with Crippen molar-refractivity contribution < 1.29 is 14.6 Å². The molecular formula is C15H21NO3. The summed E-state index contributed by atoms with van der Waals surface area (Å²) in [5, 5.41) is 12.3. The van der Waals surface area contributed by atoms with Crippen LogP contribution in [0.15, 0.2) is 24.3 Å². The Bertz CT molecular complexity index is 439. The van der Waals surface area contributed by atoms with Crippen LogP contribution in [0.3, 0.4) is 0 Å². The fraction of sp³-hybridized carbons (Fsp3) is 0.533. The molecule has 1 aromatic rings.